The summed E-state index contributed by atoms with van der Waals surface area (Å²) < 4.78 is 12.3. The molecule has 0 bridgehead atoms. The third-order valence-electron chi connectivity index (χ3n) is 5.56. The van der Waals surface area contributed by atoms with Crippen molar-refractivity contribution in [2.45, 2.75) is 38.8 Å². The minimum atomic E-state index is 0.0518. The van der Waals surface area contributed by atoms with Gasteiger partial charge in [-0.2, -0.15) is 0 Å². The van der Waals surface area contributed by atoms with Crippen molar-refractivity contribution < 1.29 is 9.47 Å². The molecule has 0 saturated carbocycles. The summed E-state index contributed by atoms with van der Waals surface area (Å²) in [5, 5.41) is 0. The molecule has 4 rings (SSSR count). The van der Waals surface area contributed by atoms with Gasteiger partial charge in [0.1, 0.15) is 5.75 Å². The second kappa shape index (κ2) is 7.72. The van der Waals surface area contributed by atoms with Crippen molar-refractivity contribution in [2.75, 3.05) is 26.3 Å². The Morgan fingerprint density at radius 1 is 1.31 bits per heavy atom. The molecule has 2 aliphatic rings. The highest BCUT2D eigenvalue weighted by atomic mass is 16.5. The average molecular weight is 353 g/mol. The Balaban J connectivity index is 1.47. The molecule has 26 heavy (non-hydrogen) atoms. The van der Waals surface area contributed by atoms with Crippen LogP contribution in [0.15, 0.2) is 42.7 Å². The van der Waals surface area contributed by atoms with Gasteiger partial charge >= 0.3 is 0 Å². The van der Waals surface area contributed by atoms with E-state index >= 15 is 0 Å². The molecule has 0 radical (unpaired) electrons. The number of hydrogen-bond donors (Lipinski definition) is 0. The fourth-order valence-corrected chi connectivity index (χ4v) is 4.30. The number of ether oxygens (including phenoxy) is 2. The third kappa shape index (κ3) is 3.89. The van der Waals surface area contributed by atoms with Crippen LogP contribution >= 0.6 is 0 Å². The molecular formula is C21H27N3O2. The number of pyridine rings is 2. The predicted octanol–water partition coefficient (Wildman–Crippen LogP) is 3.24. The van der Waals surface area contributed by atoms with E-state index in [-0.39, 0.29) is 11.5 Å². The van der Waals surface area contributed by atoms with Gasteiger partial charge in [0, 0.05) is 43.5 Å². The number of aromatic nitrogens is 2. The number of hydrogen-bond acceptors (Lipinski definition) is 5. The summed E-state index contributed by atoms with van der Waals surface area (Å²) in [6.07, 6.45) is 7.15. The van der Waals surface area contributed by atoms with E-state index in [1.165, 1.54) is 0 Å². The van der Waals surface area contributed by atoms with Gasteiger partial charge in [0.2, 0.25) is 0 Å². The Bertz CT molecular complexity index is 724. The highest BCUT2D eigenvalue weighted by Gasteiger charge is 2.46. The molecule has 5 nitrogen and oxygen atoms in total. The van der Waals surface area contributed by atoms with Gasteiger partial charge in [0.05, 0.1) is 24.6 Å². The standard InChI is InChI=1S/C21H27N3O2/c1-17-5-2-6-18(23-17)14-24-11-8-20-21(15-24,9-4-12-25-20)16-26-19-7-3-10-22-13-19/h2-3,5-7,10,13,20H,4,8-9,11-12,14-16H2,1H3. The first kappa shape index (κ1) is 17.4. The molecule has 2 atom stereocenters. The zero-order valence-electron chi connectivity index (χ0n) is 15.4. The minimum absolute atomic E-state index is 0.0518. The molecule has 2 fully saturated rings. The first-order chi connectivity index (χ1) is 12.7. The first-order valence-corrected chi connectivity index (χ1v) is 9.53. The lowest BCUT2D eigenvalue weighted by Crippen LogP contribution is -2.57. The number of aryl methyl sites for hydroxylation is 1. The predicted molar refractivity (Wildman–Crippen MR) is 100 cm³/mol. The van der Waals surface area contributed by atoms with E-state index in [1.807, 2.05) is 25.1 Å². The zero-order chi connectivity index (χ0) is 17.8. The number of nitrogens with zero attached hydrogens (tertiary/aromatic N) is 3. The maximum Gasteiger partial charge on any atom is 0.137 e. The third-order valence-corrected chi connectivity index (χ3v) is 5.56. The molecule has 138 valence electrons. The van der Waals surface area contributed by atoms with Crippen molar-refractivity contribution in [1.29, 1.82) is 0 Å². The fourth-order valence-electron chi connectivity index (χ4n) is 4.30. The van der Waals surface area contributed by atoms with E-state index in [0.717, 1.165) is 62.6 Å². The van der Waals surface area contributed by atoms with Crippen molar-refractivity contribution in [1.82, 2.24) is 14.9 Å². The molecule has 2 aliphatic heterocycles. The van der Waals surface area contributed by atoms with E-state index in [2.05, 4.69) is 27.0 Å². The Morgan fingerprint density at radius 2 is 2.27 bits per heavy atom. The summed E-state index contributed by atoms with van der Waals surface area (Å²) in [5.74, 6) is 0.837. The van der Waals surface area contributed by atoms with Crippen molar-refractivity contribution in [3.63, 3.8) is 0 Å². The van der Waals surface area contributed by atoms with E-state index in [0.29, 0.717) is 6.61 Å². The lowest BCUT2D eigenvalue weighted by atomic mass is 9.73. The van der Waals surface area contributed by atoms with Gasteiger partial charge in [-0.05, 0) is 50.5 Å². The highest BCUT2D eigenvalue weighted by Crippen LogP contribution is 2.41. The average Bonchev–Trinajstić information content (AvgIpc) is 2.67. The fraction of sp³-hybridized carbons (Fsp3) is 0.524. The monoisotopic (exact) mass is 353 g/mol. The van der Waals surface area contributed by atoms with Crippen LogP contribution in [0.4, 0.5) is 0 Å². The summed E-state index contributed by atoms with van der Waals surface area (Å²) in [6, 6.07) is 10.1. The van der Waals surface area contributed by atoms with Crippen LogP contribution in [0.25, 0.3) is 0 Å². The lowest BCUT2D eigenvalue weighted by molar-refractivity contribution is -0.141. The summed E-state index contributed by atoms with van der Waals surface area (Å²) in [7, 11) is 0. The summed E-state index contributed by atoms with van der Waals surface area (Å²) in [6.45, 7) is 6.54. The van der Waals surface area contributed by atoms with Crippen molar-refractivity contribution >= 4 is 0 Å². The number of rotatable bonds is 5. The van der Waals surface area contributed by atoms with Crippen LogP contribution in [0.1, 0.15) is 30.7 Å². The van der Waals surface area contributed by atoms with Gasteiger partial charge in [0.25, 0.3) is 0 Å². The van der Waals surface area contributed by atoms with Crippen molar-refractivity contribution in [2.24, 2.45) is 5.41 Å². The number of likely N-dealkylation sites (tertiary alicyclic amines) is 1. The summed E-state index contributed by atoms with van der Waals surface area (Å²) in [5.41, 5.74) is 2.27. The smallest absolute Gasteiger partial charge is 0.137 e. The van der Waals surface area contributed by atoms with Gasteiger partial charge in [-0.3, -0.25) is 14.9 Å². The number of fused-ring (bicyclic) bond motifs is 1. The highest BCUT2D eigenvalue weighted by molar-refractivity contribution is 5.16. The molecule has 2 saturated heterocycles. The van der Waals surface area contributed by atoms with Gasteiger partial charge in [-0.15, -0.1) is 0 Å². The van der Waals surface area contributed by atoms with Crippen LogP contribution in [0.2, 0.25) is 0 Å². The topological polar surface area (TPSA) is 47.5 Å². The Labute approximate surface area is 155 Å². The van der Waals surface area contributed by atoms with Crippen LogP contribution in [-0.2, 0) is 11.3 Å². The lowest BCUT2D eigenvalue weighted by Gasteiger charge is -2.50. The Kier molecular flexibility index (Phi) is 5.18. The van der Waals surface area contributed by atoms with E-state index in [9.17, 15) is 0 Å². The SMILES string of the molecule is Cc1cccc(CN2CCC3OCCCC3(COc3cccnc3)C2)n1. The normalized spacial score (nSPS) is 26.3. The molecule has 0 spiro atoms. The van der Waals surface area contributed by atoms with Crippen LogP contribution in [0, 0.1) is 12.3 Å². The molecule has 2 aromatic rings. The molecule has 0 aliphatic carbocycles. The maximum absolute atomic E-state index is 6.15. The second-order valence-electron chi connectivity index (χ2n) is 7.57. The molecule has 2 unspecified atom stereocenters. The van der Waals surface area contributed by atoms with Crippen LogP contribution in [-0.4, -0.2) is 47.3 Å². The molecular weight excluding hydrogens is 326 g/mol. The molecule has 0 N–H and O–H groups in total. The van der Waals surface area contributed by atoms with Crippen LogP contribution < -0.4 is 4.74 Å². The first-order valence-electron chi connectivity index (χ1n) is 9.53. The number of piperidine rings is 1. The van der Waals surface area contributed by atoms with Gasteiger partial charge in [-0.25, -0.2) is 0 Å². The van der Waals surface area contributed by atoms with Crippen molar-refractivity contribution in [3.05, 3.63) is 54.1 Å². The largest absolute Gasteiger partial charge is 0.491 e. The molecule has 4 heterocycles. The van der Waals surface area contributed by atoms with Crippen molar-refractivity contribution in [3.8, 4) is 5.75 Å². The van der Waals surface area contributed by atoms with Gasteiger partial charge < -0.3 is 9.47 Å². The van der Waals surface area contributed by atoms with Crippen LogP contribution in [0.5, 0.6) is 5.75 Å². The zero-order valence-corrected chi connectivity index (χ0v) is 15.4. The summed E-state index contributed by atoms with van der Waals surface area (Å²) >= 11 is 0. The molecule has 0 amide bonds. The van der Waals surface area contributed by atoms with Crippen LogP contribution in [0.3, 0.4) is 0 Å². The molecule has 5 heteroatoms. The Hall–Kier alpha value is -1.98. The molecule has 0 aromatic carbocycles. The minimum Gasteiger partial charge on any atom is -0.491 e. The molecule has 2 aromatic heterocycles. The van der Waals surface area contributed by atoms with E-state index in [1.54, 1.807) is 12.4 Å². The van der Waals surface area contributed by atoms with Gasteiger partial charge in [-0.1, -0.05) is 6.07 Å². The summed E-state index contributed by atoms with van der Waals surface area (Å²) in [4.78, 5) is 11.3. The quantitative estimate of drug-likeness (QED) is 0.826. The van der Waals surface area contributed by atoms with E-state index < -0.39 is 0 Å². The maximum atomic E-state index is 6.15. The van der Waals surface area contributed by atoms with Gasteiger partial charge in [0.15, 0.2) is 0 Å². The van der Waals surface area contributed by atoms with E-state index in [4.69, 9.17) is 9.47 Å². The Morgan fingerprint density at radius 3 is 3.12 bits per heavy atom. The second-order valence-corrected chi connectivity index (χ2v) is 7.57.